The van der Waals surface area contributed by atoms with Gasteiger partial charge in [-0.1, -0.05) is 129 Å². The molecule has 0 radical (unpaired) electrons. The van der Waals surface area contributed by atoms with Crippen LogP contribution in [0.5, 0.6) is 0 Å². The van der Waals surface area contributed by atoms with E-state index in [1.165, 1.54) is 22.5 Å². The number of para-hydroxylation sites is 2. The van der Waals surface area contributed by atoms with Gasteiger partial charge in [-0.2, -0.15) is 0 Å². The molecule has 1 aliphatic heterocycles. The van der Waals surface area contributed by atoms with Crippen LogP contribution in [0.4, 0.5) is 17.1 Å². The fourth-order valence-corrected chi connectivity index (χ4v) is 7.77. The predicted molar refractivity (Wildman–Crippen MR) is 216 cm³/mol. The average molecular weight is 683 g/mol. The van der Waals surface area contributed by atoms with E-state index in [9.17, 15) is 0 Å². The van der Waals surface area contributed by atoms with Gasteiger partial charge in [0.1, 0.15) is 11.2 Å². The van der Waals surface area contributed by atoms with Crippen LogP contribution in [-0.2, 0) is 5.41 Å². The van der Waals surface area contributed by atoms with Gasteiger partial charge in [-0.15, -0.1) is 0 Å². The minimum absolute atomic E-state index is 0.192. The normalized spacial score (nSPS) is 13.2. The molecule has 0 saturated heterocycles. The largest absolute Gasteiger partial charge is 0.456 e. The SMILES string of the molecule is CC1(C)c2ccccc2N(c2ccccc2)c2ccc(-c3ccc4c(c3)oc3cc(-c5nc(-c6ccccc6)nc(-c6ccccc6)n5)ccc34)cc21. The summed E-state index contributed by atoms with van der Waals surface area (Å²) >= 11 is 0. The number of anilines is 3. The van der Waals surface area contributed by atoms with Crippen molar-refractivity contribution < 1.29 is 4.42 Å². The van der Waals surface area contributed by atoms with Crippen LogP contribution in [-0.4, -0.2) is 15.0 Å². The van der Waals surface area contributed by atoms with Gasteiger partial charge in [0.05, 0.1) is 11.4 Å². The van der Waals surface area contributed by atoms with Crippen molar-refractivity contribution in [3.05, 3.63) is 181 Å². The maximum absolute atomic E-state index is 6.60. The van der Waals surface area contributed by atoms with Gasteiger partial charge < -0.3 is 9.32 Å². The summed E-state index contributed by atoms with van der Waals surface area (Å²) in [6.07, 6.45) is 0. The highest BCUT2D eigenvalue weighted by Gasteiger charge is 2.37. The fraction of sp³-hybridized carbons (Fsp3) is 0.0625. The molecule has 0 N–H and O–H groups in total. The third-order valence-corrected chi connectivity index (χ3v) is 10.5. The summed E-state index contributed by atoms with van der Waals surface area (Å²) in [5.41, 5.74) is 12.6. The van der Waals surface area contributed by atoms with Gasteiger partial charge in [-0.3, -0.25) is 0 Å². The highest BCUT2D eigenvalue weighted by Crippen LogP contribution is 2.52. The van der Waals surface area contributed by atoms with Crippen LogP contribution < -0.4 is 4.90 Å². The van der Waals surface area contributed by atoms with Crippen molar-refractivity contribution in [3.8, 4) is 45.3 Å². The van der Waals surface area contributed by atoms with E-state index in [-0.39, 0.29) is 5.41 Å². The van der Waals surface area contributed by atoms with Gasteiger partial charge in [0.25, 0.3) is 0 Å². The summed E-state index contributed by atoms with van der Waals surface area (Å²) in [5.74, 6) is 1.86. The second-order valence-corrected chi connectivity index (χ2v) is 14.1. The van der Waals surface area contributed by atoms with E-state index in [0.717, 1.165) is 55.4 Å². The summed E-state index contributed by atoms with van der Waals surface area (Å²) in [4.78, 5) is 17.1. The Morgan fingerprint density at radius 2 is 0.887 bits per heavy atom. The lowest BCUT2D eigenvalue weighted by atomic mass is 9.73. The van der Waals surface area contributed by atoms with Gasteiger partial charge in [0, 0.05) is 38.6 Å². The molecule has 5 heteroatoms. The summed E-state index contributed by atoms with van der Waals surface area (Å²) < 4.78 is 6.60. The molecule has 0 spiro atoms. The van der Waals surface area contributed by atoms with E-state index >= 15 is 0 Å². The molecular formula is C48H34N4O. The lowest BCUT2D eigenvalue weighted by molar-refractivity contribution is 0.632. The number of aromatic nitrogens is 3. The van der Waals surface area contributed by atoms with Crippen molar-refractivity contribution in [2.24, 2.45) is 0 Å². The predicted octanol–water partition coefficient (Wildman–Crippen LogP) is 12.5. The van der Waals surface area contributed by atoms with E-state index in [4.69, 9.17) is 19.4 Å². The van der Waals surface area contributed by atoms with Crippen molar-refractivity contribution in [2.45, 2.75) is 19.3 Å². The molecule has 0 saturated carbocycles. The van der Waals surface area contributed by atoms with Crippen LogP contribution >= 0.6 is 0 Å². The number of hydrogen-bond donors (Lipinski definition) is 0. The molecule has 9 aromatic rings. The molecule has 0 unspecified atom stereocenters. The number of rotatable bonds is 5. The number of furan rings is 1. The first-order valence-corrected chi connectivity index (χ1v) is 17.9. The van der Waals surface area contributed by atoms with Crippen molar-refractivity contribution >= 4 is 39.0 Å². The van der Waals surface area contributed by atoms with Crippen LogP contribution in [0.25, 0.3) is 67.2 Å². The Bertz CT molecular complexity index is 2750. The van der Waals surface area contributed by atoms with Crippen molar-refractivity contribution in [1.82, 2.24) is 15.0 Å². The highest BCUT2D eigenvalue weighted by atomic mass is 16.3. The Morgan fingerprint density at radius 3 is 1.53 bits per heavy atom. The van der Waals surface area contributed by atoms with E-state index in [2.05, 4.69) is 122 Å². The first-order chi connectivity index (χ1) is 26.0. The Kier molecular flexibility index (Phi) is 7.08. The third kappa shape index (κ3) is 5.20. The van der Waals surface area contributed by atoms with Gasteiger partial charge in [-0.05, 0) is 76.9 Å². The Labute approximate surface area is 307 Å². The van der Waals surface area contributed by atoms with Crippen molar-refractivity contribution in [3.63, 3.8) is 0 Å². The molecular weight excluding hydrogens is 649 g/mol. The molecule has 2 aromatic heterocycles. The summed E-state index contributed by atoms with van der Waals surface area (Å²) in [7, 11) is 0. The van der Waals surface area contributed by atoms with Crippen LogP contribution in [0.3, 0.4) is 0 Å². The molecule has 0 amide bonds. The molecule has 1 aliphatic rings. The van der Waals surface area contributed by atoms with Gasteiger partial charge in [0.2, 0.25) is 0 Å². The van der Waals surface area contributed by atoms with Crippen molar-refractivity contribution in [1.29, 1.82) is 0 Å². The number of fused-ring (bicyclic) bond motifs is 5. The lowest BCUT2D eigenvalue weighted by Gasteiger charge is -2.42. The van der Waals surface area contributed by atoms with Crippen molar-refractivity contribution in [2.75, 3.05) is 4.90 Å². The third-order valence-electron chi connectivity index (χ3n) is 10.5. The van der Waals surface area contributed by atoms with Gasteiger partial charge >= 0.3 is 0 Å². The zero-order chi connectivity index (χ0) is 35.5. The standard InChI is InChI=1S/C48H34N4O/c1-48(2)39-20-12-13-21-41(39)52(36-18-10-5-11-19-36)42-27-24-33(28-40(42)48)34-22-25-37-38-26-23-35(30-44(38)53-43(37)29-34)47-50-45(31-14-6-3-7-15-31)49-46(51-47)32-16-8-4-9-17-32/h3-30H,1-2H3. The molecule has 0 bridgehead atoms. The Morgan fingerprint density at radius 1 is 0.415 bits per heavy atom. The second kappa shape index (κ2) is 12.1. The van der Waals surface area contributed by atoms with Crippen LogP contribution in [0.2, 0.25) is 0 Å². The minimum atomic E-state index is -0.192. The highest BCUT2D eigenvalue weighted by molar-refractivity contribution is 6.07. The Hall–Kier alpha value is -6.85. The zero-order valence-electron chi connectivity index (χ0n) is 29.4. The molecule has 10 rings (SSSR count). The maximum Gasteiger partial charge on any atom is 0.164 e. The summed E-state index contributed by atoms with van der Waals surface area (Å²) in [6, 6.07) is 59.1. The number of benzene rings is 7. The van der Waals surface area contributed by atoms with Crippen LogP contribution in [0, 0.1) is 0 Å². The molecule has 252 valence electrons. The molecule has 3 heterocycles. The Balaban J connectivity index is 1.06. The number of nitrogens with zero attached hydrogens (tertiary/aromatic N) is 4. The van der Waals surface area contributed by atoms with Gasteiger partial charge in [0.15, 0.2) is 17.5 Å². The maximum atomic E-state index is 6.60. The molecule has 5 nitrogen and oxygen atoms in total. The first kappa shape index (κ1) is 30.9. The lowest BCUT2D eigenvalue weighted by Crippen LogP contribution is -2.30. The minimum Gasteiger partial charge on any atom is -0.456 e. The van der Waals surface area contributed by atoms with E-state index < -0.39 is 0 Å². The summed E-state index contributed by atoms with van der Waals surface area (Å²) in [6.45, 7) is 4.66. The molecule has 7 aromatic carbocycles. The van der Waals surface area contributed by atoms with Crippen LogP contribution in [0.1, 0.15) is 25.0 Å². The average Bonchev–Trinajstić information content (AvgIpc) is 3.59. The summed E-state index contributed by atoms with van der Waals surface area (Å²) in [5, 5.41) is 2.13. The molecule has 0 aliphatic carbocycles. The molecule has 0 fully saturated rings. The van der Waals surface area contributed by atoms with Crippen LogP contribution in [0.15, 0.2) is 174 Å². The fourth-order valence-electron chi connectivity index (χ4n) is 7.77. The first-order valence-electron chi connectivity index (χ1n) is 17.9. The molecule has 0 atom stereocenters. The van der Waals surface area contributed by atoms with E-state index in [0.29, 0.717) is 17.5 Å². The number of hydrogen-bond acceptors (Lipinski definition) is 5. The topological polar surface area (TPSA) is 55.1 Å². The van der Waals surface area contributed by atoms with E-state index in [1.54, 1.807) is 0 Å². The monoisotopic (exact) mass is 682 g/mol. The second-order valence-electron chi connectivity index (χ2n) is 14.1. The quantitative estimate of drug-likeness (QED) is 0.181. The zero-order valence-corrected chi connectivity index (χ0v) is 29.4. The smallest absolute Gasteiger partial charge is 0.164 e. The van der Waals surface area contributed by atoms with Gasteiger partial charge in [-0.25, -0.2) is 15.0 Å². The van der Waals surface area contributed by atoms with E-state index in [1.807, 2.05) is 66.7 Å². The molecule has 53 heavy (non-hydrogen) atoms.